The SMILES string of the molecule is CCOC[C@@H]1CCCN1c1ncc(CCC(=O)OC)s1.Cl. The Kier molecular flexibility index (Phi) is 8.00. The maximum Gasteiger partial charge on any atom is 0.305 e. The van der Waals surface area contributed by atoms with Gasteiger partial charge in [-0.2, -0.15) is 0 Å². The lowest BCUT2D eigenvalue weighted by Crippen LogP contribution is -2.32. The van der Waals surface area contributed by atoms with Crippen LogP contribution in [0.2, 0.25) is 0 Å². The summed E-state index contributed by atoms with van der Waals surface area (Å²) in [6.07, 6.45) is 5.35. The van der Waals surface area contributed by atoms with E-state index in [4.69, 9.17) is 4.74 Å². The van der Waals surface area contributed by atoms with Crippen LogP contribution in [0.5, 0.6) is 0 Å². The molecule has 0 aliphatic carbocycles. The van der Waals surface area contributed by atoms with Gasteiger partial charge < -0.3 is 14.4 Å². The highest BCUT2D eigenvalue weighted by molar-refractivity contribution is 7.15. The molecule has 0 amide bonds. The topological polar surface area (TPSA) is 51.7 Å². The molecule has 1 atom stereocenters. The summed E-state index contributed by atoms with van der Waals surface area (Å²) < 4.78 is 10.2. The summed E-state index contributed by atoms with van der Waals surface area (Å²) in [4.78, 5) is 19.1. The van der Waals surface area contributed by atoms with Crippen molar-refractivity contribution >= 4 is 34.8 Å². The first kappa shape index (κ1) is 18.2. The van der Waals surface area contributed by atoms with Crippen molar-refractivity contribution < 1.29 is 14.3 Å². The zero-order chi connectivity index (χ0) is 14.4. The van der Waals surface area contributed by atoms with Crippen LogP contribution in [0.1, 0.15) is 31.1 Å². The van der Waals surface area contributed by atoms with Crippen molar-refractivity contribution in [3.63, 3.8) is 0 Å². The van der Waals surface area contributed by atoms with Gasteiger partial charge in [-0.1, -0.05) is 0 Å². The van der Waals surface area contributed by atoms with Crippen LogP contribution in [0, 0.1) is 0 Å². The number of thiazole rings is 1. The van der Waals surface area contributed by atoms with Crippen molar-refractivity contribution in [1.29, 1.82) is 0 Å². The third kappa shape index (κ3) is 5.13. The van der Waals surface area contributed by atoms with Gasteiger partial charge in [0.25, 0.3) is 0 Å². The lowest BCUT2D eigenvalue weighted by molar-refractivity contribution is -0.140. The number of ether oxygens (including phenoxy) is 2. The first-order valence-electron chi connectivity index (χ1n) is 7.10. The number of aryl methyl sites for hydroxylation is 1. The van der Waals surface area contributed by atoms with E-state index in [2.05, 4.69) is 14.6 Å². The number of halogens is 1. The lowest BCUT2D eigenvalue weighted by Gasteiger charge is -2.23. The summed E-state index contributed by atoms with van der Waals surface area (Å²) in [7, 11) is 1.42. The van der Waals surface area contributed by atoms with E-state index >= 15 is 0 Å². The van der Waals surface area contributed by atoms with E-state index < -0.39 is 0 Å². The van der Waals surface area contributed by atoms with Crippen molar-refractivity contribution in [3.8, 4) is 0 Å². The molecule has 120 valence electrons. The van der Waals surface area contributed by atoms with Gasteiger partial charge in [-0.25, -0.2) is 4.98 Å². The van der Waals surface area contributed by atoms with Gasteiger partial charge in [-0.15, -0.1) is 23.7 Å². The normalized spacial score (nSPS) is 17.6. The van der Waals surface area contributed by atoms with E-state index in [0.29, 0.717) is 18.9 Å². The number of carbonyl (C=O) groups is 1. The van der Waals surface area contributed by atoms with Gasteiger partial charge >= 0.3 is 5.97 Å². The Hall–Kier alpha value is -0.850. The van der Waals surface area contributed by atoms with Gasteiger partial charge in [-0.05, 0) is 26.2 Å². The second-order valence-corrected chi connectivity index (χ2v) is 5.93. The maximum absolute atomic E-state index is 11.2. The minimum absolute atomic E-state index is 0. The van der Waals surface area contributed by atoms with E-state index in [1.165, 1.54) is 13.5 Å². The number of esters is 1. The van der Waals surface area contributed by atoms with Crippen LogP contribution in [-0.2, 0) is 20.7 Å². The van der Waals surface area contributed by atoms with E-state index in [9.17, 15) is 4.79 Å². The molecule has 0 radical (unpaired) electrons. The van der Waals surface area contributed by atoms with E-state index in [-0.39, 0.29) is 18.4 Å². The minimum Gasteiger partial charge on any atom is -0.469 e. The second-order valence-electron chi connectivity index (χ2n) is 4.83. The Balaban J connectivity index is 0.00000220. The number of anilines is 1. The first-order chi connectivity index (χ1) is 9.74. The zero-order valence-electron chi connectivity index (χ0n) is 12.5. The lowest BCUT2D eigenvalue weighted by atomic mass is 10.2. The Bertz CT molecular complexity index is 442. The third-order valence-corrected chi connectivity index (χ3v) is 4.58. The van der Waals surface area contributed by atoms with Gasteiger partial charge in [0.05, 0.1) is 26.2 Å². The Morgan fingerprint density at radius 1 is 1.57 bits per heavy atom. The van der Waals surface area contributed by atoms with Crippen molar-refractivity contribution in [1.82, 2.24) is 4.98 Å². The van der Waals surface area contributed by atoms with Crippen molar-refractivity contribution in [2.24, 2.45) is 0 Å². The predicted molar refractivity (Wildman–Crippen MR) is 86.6 cm³/mol. The summed E-state index contributed by atoms with van der Waals surface area (Å²) in [5.41, 5.74) is 0. The Morgan fingerprint density at radius 3 is 3.10 bits per heavy atom. The molecule has 1 fully saturated rings. The molecule has 1 aromatic heterocycles. The third-order valence-electron chi connectivity index (χ3n) is 3.48. The highest BCUT2D eigenvalue weighted by atomic mass is 35.5. The Labute approximate surface area is 136 Å². The molecule has 7 heteroatoms. The number of hydrogen-bond acceptors (Lipinski definition) is 6. The molecule has 1 saturated heterocycles. The monoisotopic (exact) mass is 334 g/mol. The molecular formula is C14H23ClN2O3S. The van der Waals surface area contributed by atoms with Crippen LogP contribution in [0.3, 0.4) is 0 Å². The molecular weight excluding hydrogens is 312 g/mol. The molecule has 21 heavy (non-hydrogen) atoms. The highest BCUT2D eigenvalue weighted by Gasteiger charge is 2.26. The van der Waals surface area contributed by atoms with E-state index in [0.717, 1.165) is 36.2 Å². The summed E-state index contributed by atoms with van der Waals surface area (Å²) in [5.74, 6) is -0.171. The number of hydrogen-bond donors (Lipinski definition) is 0. The summed E-state index contributed by atoms with van der Waals surface area (Å²) in [6, 6.07) is 0.439. The first-order valence-corrected chi connectivity index (χ1v) is 7.92. The number of methoxy groups -OCH3 is 1. The largest absolute Gasteiger partial charge is 0.469 e. The molecule has 0 N–H and O–H groups in total. The van der Waals surface area contributed by atoms with Gasteiger partial charge in [0.15, 0.2) is 5.13 Å². The number of nitrogens with zero attached hydrogens (tertiary/aromatic N) is 2. The summed E-state index contributed by atoms with van der Waals surface area (Å²) in [6.45, 7) is 4.59. The quantitative estimate of drug-likeness (QED) is 0.717. The van der Waals surface area contributed by atoms with Crippen LogP contribution in [-0.4, -0.2) is 43.9 Å². The summed E-state index contributed by atoms with van der Waals surface area (Å²) >= 11 is 1.67. The van der Waals surface area contributed by atoms with Crippen LogP contribution < -0.4 is 4.90 Å². The van der Waals surface area contributed by atoms with Crippen LogP contribution in [0.25, 0.3) is 0 Å². The van der Waals surface area contributed by atoms with Crippen LogP contribution in [0.4, 0.5) is 5.13 Å². The highest BCUT2D eigenvalue weighted by Crippen LogP contribution is 2.30. The molecule has 1 aliphatic heterocycles. The van der Waals surface area contributed by atoms with Gasteiger partial charge in [0, 0.05) is 24.2 Å². The summed E-state index contributed by atoms with van der Waals surface area (Å²) in [5, 5.41) is 1.05. The molecule has 1 aliphatic rings. The molecule has 0 unspecified atom stereocenters. The fraction of sp³-hybridized carbons (Fsp3) is 0.714. The molecule has 0 saturated carbocycles. The zero-order valence-corrected chi connectivity index (χ0v) is 14.2. The minimum atomic E-state index is -0.171. The van der Waals surface area contributed by atoms with Gasteiger partial charge in [-0.3, -0.25) is 4.79 Å². The Morgan fingerprint density at radius 2 is 2.38 bits per heavy atom. The predicted octanol–water partition coefficient (Wildman–Crippen LogP) is 2.68. The van der Waals surface area contributed by atoms with Crippen LogP contribution >= 0.6 is 23.7 Å². The molecule has 5 nitrogen and oxygen atoms in total. The number of aromatic nitrogens is 1. The number of carbonyl (C=O) groups excluding carboxylic acids is 1. The molecule has 0 spiro atoms. The van der Waals surface area contributed by atoms with Crippen LogP contribution in [0.15, 0.2) is 6.20 Å². The van der Waals surface area contributed by atoms with Crippen molar-refractivity contribution in [2.75, 3.05) is 31.8 Å². The van der Waals surface area contributed by atoms with Crippen molar-refractivity contribution in [3.05, 3.63) is 11.1 Å². The fourth-order valence-corrected chi connectivity index (χ4v) is 3.39. The maximum atomic E-state index is 11.2. The molecule has 2 heterocycles. The van der Waals surface area contributed by atoms with E-state index in [1.54, 1.807) is 11.3 Å². The standard InChI is InChI=1S/C14H22N2O3S.ClH/c1-3-19-10-11-5-4-8-16(11)14-15-9-12(20-14)6-7-13(17)18-2;/h9,11H,3-8,10H2,1-2H3;1H/t11-;/m0./s1. The van der Waals surface area contributed by atoms with Crippen molar-refractivity contribution in [2.45, 2.75) is 38.6 Å². The fourth-order valence-electron chi connectivity index (χ4n) is 2.39. The molecule has 0 aromatic carbocycles. The smallest absolute Gasteiger partial charge is 0.305 e. The molecule has 2 rings (SSSR count). The van der Waals surface area contributed by atoms with Gasteiger partial charge in [0.1, 0.15) is 0 Å². The average Bonchev–Trinajstić information content (AvgIpc) is 3.10. The number of rotatable bonds is 7. The molecule has 0 bridgehead atoms. The van der Waals surface area contributed by atoms with E-state index in [1.807, 2.05) is 13.1 Å². The van der Waals surface area contributed by atoms with Gasteiger partial charge in [0.2, 0.25) is 0 Å². The molecule has 1 aromatic rings. The second kappa shape index (κ2) is 9.23. The average molecular weight is 335 g/mol.